The standard InChI is InChI=1S/C23H28N6O4P2/c30-19-9-4-6-17(14-19)10-12-29-15-25-20-21(26-18-7-2-1-3-8-18)27-23(28-22(20)29)24-11-5-13-34(31)16-35(32)33/h1-4,6-9,14-15,30-33H,5,10-13,16H2,(H2,24,26,27,28). The molecule has 0 aliphatic carbocycles. The second-order valence-electron chi connectivity index (χ2n) is 7.94. The summed E-state index contributed by atoms with van der Waals surface area (Å²) in [4.78, 5) is 41.9. The van der Waals surface area contributed by atoms with Crippen LogP contribution in [-0.2, 0) is 13.0 Å². The summed E-state index contributed by atoms with van der Waals surface area (Å²) in [6, 6.07) is 16.9. The maximum Gasteiger partial charge on any atom is 0.226 e. The summed E-state index contributed by atoms with van der Waals surface area (Å²) in [6.07, 6.45) is 3.59. The van der Waals surface area contributed by atoms with Crippen LogP contribution in [0.5, 0.6) is 5.75 Å². The molecule has 0 saturated carbocycles. The van der Waals surface area contributed by atoms with Crippen LogP contribution in [0.3, 0.4) is 0 Å². The van der Waals surface area contributed by atoms with E-state index < -0.39 is 16.5 Å². The van der Waals surface area contributed by atoms with Gasteiger partial charge in [0.15, 0.2) is 25.4 Å². The Morgan fingerprint density at radius 1 is 0.971 bits per heavy atom. The summed E-state index contributed by atoms with van der Waals surface area (Å²) in [6.45, 7) is 1.16. The number of nitrogens with zero attached hydrogens (tertiary/aromatic N) is 4. The number of benzene rings is 2. The van der Waals surface area contributed by atoms with Crippen LogP contribution in [0.25, 0.3) is 11.2 Å². The van der Waals surface area contributed by atoms with Crippen LogP contribution in [0.2, 0.25) is 0 Å². The lowest BCUT2D eigenvalue weighted by molar-refractivity contribution is 0.474. The number of imidazole rings is 1. The highest BCUT2D eigenvalue weighted by atomic mass is 31.2. The lowest BCUT2D eigenvalue weighted by Crippen LogP contribution is -2.10. The van der Waals surface area contributed by atoms with Gasteiger partial charge in [-0.05, 0) is 48.8 Å². The molecule has 0 bridgehead atoms. The van der Waals surface area contributed by atoms with E-state index in [1.54, 1.807) is 18.5 Å². The molecule has 4 rings (SSSR count). The van der Waals surface area contributed by atoms with Crippen LogP contribution in [0.15, 0.2) is 60.9 Å². The minimum Gasteiger partial charge on any atom is -0.508 e. The molecule has 2 aromatic carbocycles. The molecule has 0 aliphatic heterocycles. The third kappa shape index (κ3) is 7.31. The van der Waals surface area contributed by atoms with Gasteiger partial charge in [-0.2, -0.15) is 9.97 Å². The number of fused-ring (bicyclic) bond motifs is 1. The zero-order valence-corrected chi connectivity index (χ0v) is 20.8. The zero-order chi connectivity index (χ0) is 24.6. The van der Waals surface area contributed by atoms with Gasteiger partial charge in [0.2, 0.25) is 5.95 Å². The number of rotatable bonds is 12. The molecule has 0 fully saturated rings. The Balaban J connectivity index is 1.52. The summed E-state index contributed by atoms with van der Waals surface area (Å²) in [5.74, 6) is 1.30. The third-order valence-corrected chi connectivity index (χ3v) is 8.37. The third-order valence-electron chi connectivity index (χ3n) is 5.22. The van der Waals surface area contributed by atoms with Crippen LogP contribution in [0, 0.1) is 0 Å². The van der Waals surface area contributed by atoms with Gasteiger partial charge in [-0.3, -0.25) is 0 Å². The molecule has 2 heterocycles. The van der Waals surface area contributed by atoms with Gasteiger partial charge >= 0.3 is 0 Å². The number of anilines is 3. The van der Waals surface area contributed by atoms with Crippen molar-refractivity contribution in [2.45, 2.75) is 19.4 Å². The largest absolute Gasteiger partial charge is 0.508 e. The molecule has 2 aromatic heterocycles. The fourth-order valence-corrected chi connectivity index (χ4v) is 5.83. The highest BCUT2D eigenvalue weighted by Gasteiger charge is 2.15. The summed E-state index contributed by atoms with van der Waals surface area (Å²) < 4.78 is 1.96. The molecule has 1 unspecified atom stereocenters. The van der Waals surface area contributed by atoms with Crippen LogP contribution < -0.4 is 10.6 Å². The predicted molar refractivity (Wildman–Crippen MR) is 140 cm³/mol. The predicted octanol–water partition coefficient (Wildman–Crippen LogP) is 3.96. The second kappa shape index (κ2) is 12.2. The van der Waals surface area contributed by atoms with Crippen LogP contribution in [-0.4, -0.2) is 57.9 Å². The number of hydrogen-bond donors (Lipinski definition) is 6. The molecular weight excluding hydrogens is 486 g/mol. The Morgan fingerprint density at radius 3 is 2.57 bits per heavy atom. The normalized spacial score (nSPS) is 12.2. The first kappa shape index (κ1) is 25.2. The van der Waals surface area contributed by atoms with Crippen LogP contribution >= 0.6 is 16.5 Å². The number of phenols is 1. The minimum atomic E-state index is -2.07. The lowest BCUT2D eigenvalue weighted by Gasteiger charge is -2.13. The van der Waals surface area contributed by atoms with Gasteiger partial charge in [-0.15, -0.1) is 0 Å². The minimum absolute atomic E-state index is 0.0522. The van der Waals surface area contributed by atoms with E-state index in [2.05, 4.69) is 25.6 Å². The summed E-state index contributed by atoms with van der Waals surface area (Å²) in [5.41, 5.74) is 3.21. The molecular formula is C23H28N6O4P2. The molecule has 10 nitrogen and oxygen atoms in total. The van der Waals surface area contributed by atoms with E-state index in [1.165, 1.54) is 0 Å². The van der Waals surface area contributed by atoms with Gasteiger partial charge in [-0.25, -0.2) is 4.98 Å². The molecule has 0 spiro atoms. The smallest absolute Gasteiger partial charge is 0.226 e. The Bertz CT molecular complexity index is 1240. The van der Waals surface area contributed by atoms with Gasteiger partial charge in [0, 0.05) is 26.9 Å². The highest BCUT2D eigenvalue weighted by molar-refractivity contribution is 7.66. The first-order valence-electron chi connectivity index (χ1n) is 11.1. The summed E-state index contributed by atoms with van der Waals surface area (Å²) in [5, 5.41) is 16.3. The lowest BCUT2D eigenvalue weighted by atomic mass is 10.1. The van der Waals surface area contributed by atoms with Crippen LogP contribution in [0.4, 0.5) is 17.5 Å². The van der Waals surface area contributed by atoms with E-state index in [-0.39, 0.29) is 11.7 Å². The van der Waals surface area contributed by atoms with Crippen LogP contribution in [0.1, 0.15) is 12.0 Å². The Kier molecular flexibility index (Phi) is 8.79. The number of aromatic hydroxyl groups is 1. The molecule has 184 valence electrons. The van der Waals surface area contributed by atoms with E-state index >= 15 is 0 Å². The molecule has 0 radical (unpaired) electrons. The molecule has 0 aliphatic rings. The van der Waals surface area contributed by atoms with E-state index in [4.69, 9.17) is 9.79 Å². The zero-order valence-electron chi connectivity index (χ0n) is 19.0. The second-order valence-corrected chi connectivity index (χ2v) is 11.3. The monoisotopic (exact) mass is 514 g/mol. The fraction of sp³-hybridized carbons (Fsp3) is 0.261. The van der Waals surface area contributed by atoms with Crippen molar-refractivity contribution in [2.24, 2.45) is 0 Å². The Labute approximate surface area is 205 Å². The van der Waals surface area contributed by atoms with E-state index in [1.807, 2.05) is 47.0 Å². The Hall–Kier alpha value is -2.87. The molecule has 12 heteroatoms. The van der Waals surface area contributed by atoms with E-state index in [9.17, 15) is 10.00 Å². The SMILES string of the molecule is Oc1cccc(CCn2cnc3c(Nc4ccccc4)nc(NCCCP(O)CP(O)O)nc32)c1. The first-order valence-corrected chi connectivity index (χ1v) is 14.2. The summed E-state index contributed by atoms with van der Waals surface area (Å²) in [7, 11) is -3.46. The Morgan fingerprint density at radius 2 is 1.80 bits per heavy atom. The number of phenolic OH excluding ortho intramolecular Hbond substituents is 1. The van der Waals surface area contributed by atoms with Gasteiger partial charge in [0.05, 0.1) is 12.2 Å². The number of aromatic nitrogens is 4. The number of para-hydroxylation sites is 1. The van der Waals surface area contributed by atoms with Crippen molar-refractivity contribution >= 4 is 45.1 Å². The van der Waals surface area contributed by atoms with Crippen molar-refractivity contribution in [3.8, 4) is 5.75 Å². The summed E-state index contributed by atoms with van der Waals surface area (Å²) >= 11 is 0. The van der Waals surface area contributed by atoms with Crippen molar-refractivity contribution in [1.29, 1.82) is 0 Å². The molecule has 0 amide bonds. The average molecular weight is 514 g/mol. The van der Waals surface area contributed by atoms with Gasteiger partial charge < -0.3 is 35.0 Å². The molecule has 4 aromatic rings. The quantitative estimate of drug-likeness (QED) is 0.122. The number of aryl methyl sites for hydroxylation is 2. The molecule has 0 saturated heterocycles. The first-order chi connectivity index (χ1) is 17.0. The maximum atomic E-state index is 9.91. The maximum absolute atomic E-state index is 9.91. The average Bonchev–Trinajstić information content (AvgIpc) is 3.24. The van der Waals surface area contributed by atoms with Crippen molar-refractivity contribution in [2.75, 3.05) is 29.2 Å². The van der Waals surface area contributed by atoms with Crippen molar-refractivity contribution in [1.82, 2.24) is 19.5 Å². The van der Waals surface area contributed by atoms with Gasteiger partial charge in [0.1, 0.15) is 5.75 Å². The van der Waals surface area contributed by atoms with E-state index in [0.29, 0.717) is 55.0 Å². The van der Waals surface area contributed by atoms with Crippen molar-refractivity contribution in [3.63, 3.8) is 0 Å². The molecule has 6 N–H and O–H groups in total. The van der Waals surface area contributed by atoms with Crippen molar-refractivity contribution < 1.29 is 19.8 Å². The molecule has 35 heavy (non-hydrogen) atoms. The number of nitrogens with one attached hydrogen (secondary N) is 2. The van der Waals surface area contributed by atoms with Gasteiger partial charge in [0.25, 0.3) is 0 Å². The van der Waals surface area contributed by atoms with Gasteiger partial charge in [-0.1, -0.05) is 30.3 Å². The van der Waals surface area contributed by atoms with E-state index in [0.717, 1.165) is 11.3 Å². The van der Waals surface area contributed by atoms with Crippen molar-refractivity contribution in [3.05, 3.63) is 66.5 Å². The molecule has 1 atom stereocenters. The topological polar surface area (TPSA) is 149 Å². The highest BCUT2D eigenvalue weighted by Crippen LogP contribution is 2.43. The number of hydrogen-bond acceptors (Lipinski definition) is 9. The fourth-order valence-electron chi connectivity index (χ4n) is 3.57.